The lowest BCUT2D eigenvalue weighted by Crippen LogP contribution is -2.30. The summed E-state index contributed by atoms with van der Waals surface area (Å²) in [6.07, 6.45) is 1.68. The first kappa shape index (κ1) is 13.2. The van der Waals surface area contributed by atoms with E-state index in [2.05, 4.69) is 5.32 Å². The monoisotopic (exact) mass is 271 g/mol. The van der Waals surface area contributed by atoms with Crippen LogP contribution >= 0.6 is 0 Å². The van der Waals surface area contributed by atoms with Gasteiger partial charge in [0.1, 0.15) is 5.75 Å². The molecule has 1 aliphatic rings. The lowest BCUT2D eigenvalue weighted by molar-refractivity contribution is 0.174. The Kier molecular flexibility index (Phi) is 4.08. The van der Waals surface area contributed by atoms with Crippen LogP contribution in [0.1, 0.15) is 12.5 Å². The molecule has 0 bridgehead atoms. The molecule has 0 aliphatic carbocycles. The third kappa shape index (κ3) is 3.14. The standard InChI is InChI=1S/C12H17NO4S/c1-8(6-18(2)15)13-5-9-3-11-12(4-10(9)14)17-7-16-11/h3-4,8,13-14H,5-7H2,1-2H3. The molecule has 0 amide bonds. The van der Waals surface area contributed by atoms with Crippen LogP contribution in [-0.4, -0.2) is 34.2 Å². The van der Waals surface area contributed by atoms with Crippen LogP contribution in [0, 0.1) is 0 Å². The van der Waals surface area contributed by atoms with Gasteiger partial charge in [-0.25, -0.2) is 0 Å². The minimum Gasteiger partial charge on any atom is -0.507 e. The fraction of sp³-hybridized carbons (Fsp3) is 0.500. The first-order chi connectivity index (χ1) is 8.56. The average molecular weight is 271 g/mol. The molecular weight excluding hydrogens is 254 g/mol. The van der Waals surface area contributed by atoms with Gasteiger partial charge in [-0.15, -0.1) is 0 Å². The SMILES string of the molecule is CC(CS(C)=O)NCc1cc2c(cc1O)OCO2. The van der Waals surface area contributed by atoms with Crippen molar-refractivity contribution in [2.75, 3.05) is 18.8 Å². The zero-order chi connectivity index (χ0) is 13.1. The normalized spacial score (nSPS) is 16.6. The maximum Gasteiger partial charge on any atom is 0.231 e. The number of aromatic hydroxyl groups is 1. The Bertz CT molecular complexity index is 464. The zero-order valence-electron chi connectivity index (χ0n) is 10.4. The molecule has 0 fully saturated rings. The van der Waals surface area contributed by atoms with E-state index in [9.17, 15) is 9.32 Å². The van der Waals surface area contributed by atoms with E-state index in [1.54, 1.807) is 18.4 Å². The third-order valence-corrected chi connectivity index (χ3v) is 3.67. The van der Waals surface area contributed by atoms with Gasteiger partial charge in [0.2, 0.25) is 6.79 Å². The van der Waals surface area contributed by atoms with E-state index >= 15 is 0 Å². The van der Waals surface area contributed by atoms with Crippen LogP contribution in [0.4, 0.5) is 0 Å². The highest BCUT2D eigenvalue weighted by atomic mass is 32.2. The smallest absolute Gasteiger partial charge is 0.231 e. The first-order valence-electron chi connectivity index (χ1n) is 5.71. The zero-order valence-corrected chi connectivity index (χ0v) is 11.3. The molecule has 0 aromatic heterocycles. The molecule has 2 atom stereocenters. The molecular formula is C12H17NO4S. The minimum atomic E-state index is -0.828. The summed E-state index contributed by atoms with van der Waals surface area (Å²) in [6, 6.07) is 3.45. The van der Waals surface area contributed by atoms with Crippen molar-refractivity contribution in [1.82, 2.24) is 5.32 Å². The Morgan fingerprint density at radius 3 is 2.78 bits per heavy atom. The maximum absolute atomic E-state index is 11.1. The van der Waals surface area contributed by atoms with E-state index < -0.39 is 10.8 Å². The number of fused-ring (bicyclic) bond motifs is 1. The van der Waals surface area contributed by atoms with E-state index in [0.717, 1.165) is 5.56 Å². The maximum atomic E-state index is 11.1. The number of ether oxygens (including phenoxy) is 2. The highest BCUT2D eigenvalue weighted by Gasteiger charge is 2.17. The summed E-state index contributed by atoms with van der Waals surface area (Å²) in [5.41, 5.74) is 0.744. The number of nitrogens with one attached hydrogen (secondary N) is 1. The highest BCUT2D eigenvalue weighted by molar-refractivity contribution is 7.84. The summed E-state index contributed by atoms with van der Waals surface area (Å²) < 4.78 is 21.5. The number of phenols is 1. The van der Waals surface area contributed by atoms with E-state index in [4.69, 9.17) is 9.47 Å². The van der Waals surface area contributed by atoms with Crippen LogP contribution in [0.2, 0.25) is 0 Å². The molecule has 100 valence electrons. The van der Waals surface area contributed by atoms with Gasteiger partial charge in [0.15, 0.2) is 11.5 Å². The molecule has 1 aromatic rings. The fourth-order valence-electron chi connectivity index (χ4n) is 1.81. The van der Waals surface area contributed by atoms with Crippen LogP contribution in [-0.2, 0) is 17.3 Å². The number of benzene rings is 1. The Morgan fingerprint density at radius 2 is 2.11 bits per heavy atom. The highest BCUT2D eigenvalue weighted by Crippen LogP contribution is 2.37. The van der Waals surface area contributed by atoms with Gasteiger partial charge in [-0.3, -0.25) is 4.21 Å². The number of phenolic OH excluding ortho intramolecular Hbond substituents is 1. The van der Waals surface area contributed by atoms with E-state index in [-0.39, 0.29) is 18.6 Å². The largest absolute Gasteiger partial charge is 0.507 e. The Hall–Kier alpha value is -1.27. The Labute approximate surface area is 109 Å². The minimum absolute atomic E-state index is 0.126. The molecule has 0 spiro atoms. The van der Waals surface area contributed by atoms with Gasteiger partial charge in [0.25, 0.3) is 0 Å². The summed E-state index contributed by atoms with van der Waals surface area (Å²) in [4.78, 5) is 0. The first-order valence-corrected chi connectivity index (χ1v) is 7.44. The van der Waals surface area contributed by atoms with Gasteiger partial charge in [-0.1, -0.05) is 0 Å². The molecule has 0 radical (unpaired) electrons. The van der Waals surface area contributed by atoms with Crippen LogP contribution in [0.15, 0.2) is 12.1 Å². The summed E-state index contributed by atoms with van der Waals surface area (Å²) >= 11 is 0. The van der Waals surface area contributed by atoms with E-state index in [1.807, 2.05) is 6.92 Å². The quantitative estimate of drug-likeness (QED) is 0.835. The molecule has 18 heavy (non-hydrogen) atoms. The number of rotatable bonds is 5. The molecule has 0 saturated carbocycles. The molecule has 2 unspecified atom stereocenters. The van der Waals surface area contributed by atoms with Gasteiger partial charge in [0.05, 0.1) is 0 Å². The second-order valence-corrected chi connectivity index (χ2v) is 5.84. The van der Waals surface area contributed by atoms with Crippen molar-refractivity contribution in [2.45, 2.75) is 19.5 Å². The Balaban J connectivity index is 1.99. The van der Waals surface area contributed by atoms with Crippen molar-refractivity contribution in [2.24, 2.45) is 0 Å². The van der Waals surface area contributed by atoms with E-state index in [1.165, 1.54) is 0 Å². The van der Waals surface area contributed by atoms with Crippen LogP contribution in [0.3, 0.4) is 0 Å². The topological polar surface area (TPSA) is 67.8 Å². The van der Waals surface area contributed by atoms with Gasteiger partial charge < -0.3 is 19.9 Å². The predicted octanol–water partition coefficient (Wildman–Crippen LogP) is 0.977. The average Bonchev–Trinajstić information content (AvgIpc) is 2.71. The van der Waals surface area contributed by atoms with Crippen molar-refractivity contribution < 1.29 is 18.8 Å². The number of hydrogen-bond donors (Lipinski definition) is 2. The van der Waals surface area contributed by atoms with E-state index in [0.29, 0.717) is 23.8 Å². The van der Waals surface area contributed by atoms with Crippen molar-refractivity contribution in [3.63, 3.8) is 0 Å². The predicted molar refractivity (Wildman–Crippen MR) is 69.5 cm³/mol. The summed E-state index contributed by atoms with van der Waals surface area (Å²) in [6.45, 7) is 2.66. The molecule has 2 N–H and O–H groups in total. The molecule has 5 nitrogen and oxygen atoms in total. The summed E-state index contributed by atoms with van der Waals surface area (Å²) in [7, 11) is -0.828. The van der Waals surface area contributed by atoms with Crippen molar-refractivity contribution in [1.29, 1.82) is 0 Å². The molecule has 1 aliphatic heterocycles. The van der Waals surface area contributed by atoms with Gasteiger partial charge in [0, 0.05) is 47.0 Å². The van der Waals surface area contributed by atoms with Gasteiger partial charge in [-0.2, -0.15) is 0 Å². The lowest BCUT2D eigenvalue weighted by atomic mass is 10.1. The number of hydrogen-bond acceptors (Lipinski definition) is 5. The van der Waals surface area contributed by atoms with Gasteiger partial charge >= 0.3 is 0 Å². The summed E-state index contributed by atoms with van der Waals surface area (Å²) in [5.74, 6) is 1.98. The molecule has 1 aromatic carbocycles. The second-order valence-electron chi connectivity index (χ2n) is 4.36. The van der Waals surface area contributed by atoms with Crippen molar-refractivity contribution in [3.05, 3.63) is 17.7 Å². The van der Waals surface area contributed by atoms with Crippen molar-refractivity contribution in [3.8, 4) is 17.2 Å². The van der Waals surface area contributed by atoms with Crippen LogP contribution in [0.5, 0.6) is 17.2 Å². The van der Waals surface area contributed by atoms with Crippen molar-refractivity contribution >= 4 is 10.8 Å². The third-order valence-electron chi connectivity index (χ3n) is 2.70. The molecule has 2 rings (SSSR count). The van der Waals surface area contributed by atoms with Gasteiger partial charge in [-0.05, 0) is 13.0 Å². The lowest BCUT2D eigenvalue weighted by Gasteiger charge is -2.13. The fourth-order valence-corrected chi connectivity index (χ4v) is 2.63. The summed E-state index contributed by atoms with van der Waals surface area (Å²) in [5, 5.41) is 13.0. The Morgan fingerprint density at radius 1 is 1.44 bits per heavy atom. The second kappa shape index (κ2) is 5.58. The van der Waals surface area contributed by atoms with Crippen LogP contribution < -0.4 is 14.8 Å². The molecule has 0 saturated heterocycles. The van der Waals surface area contributed by atoms with Crippen LogP contribution in [0.25, 0.3) is 0 Å². The molecule has 1 heterocycles. The molecule has 6 heteroatoms.